The van der Waals surface area contributed by atoms with Crippen molar-refractivity contribution in [3.8, 4) is 0 Å². The largest absolute Gasteiger partial charge is 0.459 e. The molecule has 14 atom stereocenters. The summed E-state index contributed by atoms with van der Waals surface area (Å²) in [5.41, 5.74) is -2.45. The average Bonchev–Trinajstić information content (AvgIpc) is 3.03. The molecular weight excluding hydrogens is 654 g/mol. The number of esters is 2. The molecule has 3 rings (SSSR count). The van der Waals surface area contributed by atoms with Gasteiger partial charge in [0.05, 0.1) is 60.3 Å². The molecule has 2 bridgehead atoms. The van der Waals surface area contributed by atoms with E-state index in [1.165, 1.54) is 13.8 Å². The van der Waals surface area contributed by atoms with Gasteiger partial charge in [0.1, 0.15) is 22.3 Å². The summed E-state index contributed by atoms with van der Waals surface area (Å²) in [7, 11) is 3.75. The van der Waals surface area contributed by atoms with Gasteiger partial charge in [-0.2, -0.15) is 0 Å². The topological polar surface area (TPSA) is 186 Å². The molecule has 0 unspecified atom stereocenters. The maximum absolute atomic E-state index is 13.7. The van der Waals surface area contributed by atoms with Crippen molar-refractivity contribution in [2.45, 2.75) is 142 Å². The summed E-state index contributed by atoms with van der Waals surface area (Å²) in [5.74, 6) is -4.61. The zero-order valence-electron chi connectivity index (χ0n) is 31.5. The molecule has 50 heavy (non-hydrogen) atoms. The Morgan fingerprint density at radius 3 is 2.34 bits per heavy atom. The SMILES string of the molecule is C=C1CO[C@@H]2[C@@H](C)C(=N[N+](=O)O)[C@H](C)C[C@@](C)(OC1)[C@H](O[C@@H]1O[C@H](C)C[C@H](N(C)C)[C@H]1OC(C)=O)[C@@H](C)[C@H](O)[C@@H](C)C(=O)O[C@H](CC)[C@@]2(C)O. The number of nitrogens with zero attached hydrogens (tertiary/aromatic N) is 3. The second kappa shape index (κ2) is 16.9. The first-order valence-corrected chi connectivity index (χ1v) is 17.6. The highest BCUT2D eigenvalue weighted by atomic mass is 16.7. The van der Waals surface area contributed by atoms with Gasteiger partial charge in [0.25, 0.3) is 0 Å². The van der Waals surface area contributed by atoms with E-state index >= 15 is 0 Å². The van der Waals surface area contributed by atoms with Gasteiger partial charge < -0.3 is 43.5 Å². The molecule has 0 saturated carbocycles. The lowest BCUT2D eigenvalue weighted by Crippen LogP contribution is -2.61. The first-order valence-electron chi connectivity index (χ1n) is 17.6. The van der Waals surface area contributed by atoms with E-state index < -0.39 is 88.7 Å². The number of hydrogen-bond acceptors (Lipinski definition) is 12. The molecular formula is C35H60N3O12+. The van der Waals surface area contributed by atoms with Gasteiger partial charge in [-0.1, -0.05) is 34.3 Å². The van der Waals surface area contributed by atoms with E-state index in [9.17, 15) is 29.9 Å². The Morgan fingerprint density at radius 1 is 1.14 bits per heavy atom. The Bertz CT molecular complexity index is 1260. The number of carbonyl (C=O) groups excluding carboxylic acids is 2. The Morgan fingerprint density at radius 2 is 1.78 bits per heavy atom. The highest BCUT2D eigenvalue weighted by molar-refractivity contribution is 5.88. The van der Waals surface area contributed by atoms with E-state index in [1.54, 1.807) is 41.5 Å². The van der Waals surface area contributed by atoms with Crippen LogP contribution in [-0.2, 0) is 38.0 Å². The van der Waals surface area contributed by atoms with Gasteiger partial charge in [0.2, 0.25) is 0 Å². The smallest absolute Gasteiger partial charge is 0.387 e. The van der Waals surface area contributed by atoms with Crippen LogP contribution in [0.3, 0.4) is 0 Å². The standard InChI is InChI=1S/C35H60N3O12/c1-13-26-35(10,42)31-21(5)27(36-38(43)44)19(3)15-34(9,46-17-18(2)16-45-31)30(22(6)28(40)23(7)32(41)49-26)50-33-29(48-24(8)39)25(37(11)12)14-20(4)47-33/h19-23,25-26,28-31,33,40,42H,2,13-17H2,1,3-12H3,(H,43,44)/q+1/t19-,20-,21+,22+,23-,25+,26-,28+,29-,30-,31-,33+,34-,35-/m1/s1. The summed E-state index contributed by atoms with van der Waals surface area (Å²) in [4.78, 5) is 40.1. The Balaban J connectivity index is 2.31. The third-order valence-corrected chi connectivity index (χ3v) is 10.6. The van der Waals surface area contributed by atoms with Gasteiger partial charge in [-0.15, -0.1) is 0 Å². The predicted molar refractivity (Wildman–Crippen MR) is 181 cm³/mol. The van der Waals surface area contributed by atoms with Gasteiger partial charge in [0.15, 0.2) is 12.4 Å². The van der Waals surface area contributed by atoms with Crippen LogP contribution in [0.1, 0.15) is 81.6 Å². The molecule has 0 aliphatic carbocycles. The highest BCUT2D eigenvalue weighted by Crippen LogP contribution is 2.41. The van der Waals surface area contributed by atoms with Crippen LogP contribution >= 0.6 is 0 Å². The van der Waals surface area contributed by atoms with Crippen LogP contribution in [0.4, 0.5) is 0 Å². The van der Waals surface area contributed by atoms with E-state index in [1.807, 2.05) is 25.9 Å². The summed E-state index contributed by atoms with van der Waals surface area (Å²) >= 11 is 0. The number of rotatable bonds is 6. The van der Waals surface area contributed by atoms with Crippen molar-refractivity contribution in [1.82, 2.24) is 4.90 Å². The molecule has 3 fully saturated rings. The minimum Gasteiger partial charge on any atom is -0.459 e. The van der Waals surface area contributed by atoms with Crippen LogP contribution in [0.25, 0.3) is 0 Å². The summed E-state index contributed by atoms with van der Waals surface area (Å²) in [5, 5.41) is 37.2. The predicted octanol–water partition coefficient (Wildman–Crippen LogP) is 3.00. The molecule has 3 heterocycles. The molecule has 0 aromatic carbocycles. The monoisotopic (exact) mass is 714 g/mol. The Kier molecular flexibility index (Phi) is 14.1. The molecule has 15 nitrogen and oxygen atoms in total. The normalized spacial score (nSPS) is 43.4. The minimum atomic E-state index is -1.82. The summed E-state index contributed by atoms with van der Waals surface area (Å²) in [6, 6.07) is -0.277. The Hall–Kier alpha value is -2.53. The van der Waals surface area contributed by atoms with E-state index in [4.69, 9.17) is 28.4 Å². The fourth-order valence-electron chi connectivity index (χ4n) is 7.94. The number of likely N-dealkylation sites (N-methyl/N-ethyl adjacent to an activating group) is 1. The van der Waals surface area contributed by atoms with Crippen molar-refractivity contribution in [2.75, 3.05) is 27.3 Å². The highest BCUT2D eigenvalue weighted by Gasteiger charge is 2.53. The zero-order valence-corrected chi connectivity index (χ0v) is 31.5. The molecule has 0 radical (unpaired) electrons. The molecule has 0 spiro atoms. The first-order chi connectivity index (χ1) is 23.1. The molecule has 15 heteroatoms. The minimum absolute atomic E-state index is 0.0207. The van der Waals surface area contributed by atoms with Crippen molar-refractivity contribution in [1.29, 1.82) is 0 Å². The third-order valence-electron chi connectivity index (χ3n) is 10.6. The van der Waals surface area contributed by atoms with Crippen LogP contribution in [0.2, 0.25) is 0 Å². The summed E-state index contributed by atoms with van der Waals surface area (Å²) in [6.07, 6.45) is -6.00. The molecule has 0 aromatic heterocycles. The van der Waals surface area contributed by atoms with E-state index in [0.29, 0.717) is 12.0 Å². The Labute approximate surface area is 295 Å². The van der Waals surface area contributed by atoms with Crippen LogP contribution in [0.5, 0.6) is 0 Å². The van der Waals surface area contributed by atoms with E-state index in [0.717, 1.165) is 0 Å². The number of hydrogen-bond donors (Lipinski definition) is 3. The van der Waals surface area contributed by atoms with Gasteiger partial charge in [-0.05, 0) is 66.6 Å². The number of aliphatic hydroxyl groups is 2. The molecule has 3 N–H and O–H groups in total. The van der Waals surface area contributed by atoms with E-state index in [-0.39, 0.29) is 43.9 Å². The van der Waals surface area contributed by atoms with Crippen molar-refractivity contribution in [3.63, 3.8) is 0 Å². The van der Waals surface area contributed by atoms with Crippen LogP contribution < -0.4 is 0 Å². The number of hydrazone groups is 1. The van der Waals surface area contributed by atoms with Crippen LogP contribution in [0, 0.1) is 28.6 Å². The maximum Gasteiger partial charge on any atom is 0.387 e. The average molecular weight is 715 g/mol. The molecule has 3 saturated heterocycles. The first kappa shape index (κ1) is 41.9. The summed E-state index contributed by atoms with van der Waals surface area (Å²) in [6.45, 7) is 19.0. The lowest BCUT2D eigenvalue weighted by molar-refractivity contribution is -0.796. The molecule has 0 amide bonds. The van der Waals surface area contributed by atoms with Gasteiger partial charge in [-0.25, -0.2) is 5.21 Å². The number of carbonyl (C=O) groups is 2. The molecule has 286 valence electrons. The fourth-order valence-corrected chi connectivity index (χ4v) is 7.94. The van der Waals surface area contributed by atoms with Crippen LogP contribution in [0.15, 0.2) is 17.3 Å². The summed E-state index contributed by atoms with van der Waals surface area (Å²) < 4.78 is 37.9. The molecule has 3 aliphatic rings. The third kappa shape index (κ3) is 9.46. The van der Waals surface area contributed by atoms with Gasteiger partial charge in [0, 0.05) is 24.7 Å². The lowest BCUT2D eigenvalue weighted by atomic mass is 9.73. The molecule has 0 aromatic rings. The number of aliphatic hydroxyl groups excluding tert-OH is 1. The van der Waals surface area contributed by atoms with Crippen molar-refractivity contribution in [3.05, 3.63) is 17.1 Å². The fraction of sp³-hybridized carbons (Fsp3) is 0.857. The second-order valence-electron chi connectivity index (χ2n) is 15.2. The van der Waals surface area contributed by atoms with Crippen molar-refractivity contribution >= 4 is 17.7 Å². The number of cyclic esters (lactones) is 1. The number of ether oxygens (including phenoxy) is 6. The van der Waals surface area contributed by atoms with Crippen LogP contribution in [-0.4, -0.2) is 130 Å². The lowest BCUT2D eigenvalue weighted by Gasteiger charge is -2.49. The molecule has 3 aliphatic heterocycles. The number of fused-ring (bicyclic) bond motifs is 5. The van der Waals surface area contributed by atoms with Gasteiger partial charge in [-0.3, -0.25) is 9.59 Å². The van der Waals surface area contributed by atoms with Crippen molar-refractivity contribution < 1.29 is 58.5 Å². The quantitative estimate of drug-likeness (QED) is 0.207. The second-order valence-corrected chi connectivity index (χ2v) is 15.2. The van der Waals surface area contributed by atoms with Gasteiger partial charge >= 0.3 is 17.0 Å². The zero-order chi connectivity index (χ0) is 37.9. The van der Waals surface area contributed by atoms with Crippen molar-refractivity contribution in [2.24, 2.45) is 28.8 Å². The van der Waals surface area contributed by atoms with E-state index in [2.05, 4.69) is 11.7 Å². The maximum atomic E-state index is 13.7.